The summed E-state index contributed by atoms with van der Waals surface area (Å²) in [6, 6.07) is 2.11. The Bertz CT molecular complexity index is 621. The third-order valence-electron chi connectivity index (χ3n) is 5.57. The highest BCUT2D eigenvalue weighted by Crippen LogP contribution is 2.52. The molecule has 1 saturated heterocycles. The fourth-order valence-corrected chi connectivity index (χ4v) is 5.14. The predicted molar refractivity (Wildman–Crippen MR) is 83.8 cm³/mol. The molecular formula is C17H21NO3S. The standard InChI is InChI=1S/C17H21NO3S/c1-9-4-5-22-15(9)11-6-12(11)16(19)18-7-13(10-2-3-10)14(8-18)17(20)21/h4-5,10-14H,2-3,6-8H2,1H3,(H,20,21)/t11?,12?,13-,14+/m1/s1. The number of carboxylic acids is 1. The Kier molecular flexibility index (Phi) is 3.29. The monoisotopic (exact) mass is 319 g/mol. The SMILES string of the molecule is Cc1ccsc1C1CC1C(=O)N1C[C@H](C(=O)O)[C@@H](C2CC2)C1. The Morgan fingerprint density at radius 2 is 2.05 bits per heavy atom. The highest BCUT2D eigenvalue weighted by Gasteiger charge is 2.52. The molecule has 1 N–H and O–H groups in total. The van der Waals surface area contributed by atoms with E-state index in [0.717, 1.165) is 19.3 Å². The van der Waals surface area contributed by atoms with E-state index in [1.165, 1.54) is 10.4 Å². The number of carboxylic acid groups (broad SMARTS) is 1. The minimum atomic E-state index is -0.728. The summed E-state index contributed by atoms with van der Waals surface area (Å²) in [5.74, 6) is 0.286. The number of thiophene rings is 1. The zero-order valence-corrected chi connectivity index (χ0v) is 13.5. The molecule has 3 fully saturated rings. The quantitative estimate of drug-likeness (QED) is 0.928. The van der Waals surface area contributed by atoms with Crippen LogP contribution in [-0.4, -0.2) is 35.0 Å². The van der Waals surface area contributed by atoms with Crippen LogP contribution in [0.2, 0.25) is 0 Å². The summed E-state index contributed by atoms with van der Waals surface area (Å²) in [4.78, 5) is 27.4. The second-order valence-electron chi connectivity index (χ2n) is 7.11. The number of hydrogen-bond donors (Lipinski definition) is 1. The molecule has 118 valence electrons. The van der Waals surface area contributed by atoms with Gasteiger partial charge in [0.25, 0.3) is 0 Å². The molecular weight excluding hydrogens is 298 g/mol. The van der Waals surface area contributed by atoms with Gasteiger partial charge in [0.1, 0.15) is 0 Å². The number of aliphatic carboxylic acids is 1. The van der Waals surface area contributed by atoms with E-state index in [9.17, 15) is 14.7 Å². The first kappa shape index (κ1) is 14.2. The molecule has 1 amide bonds. The molecule has 2 unspecified atom stereocenters. The molecule has 4 nitrogen and oxygen atoms in total. The average Bonchev–Trinajstić information content (AvgIpc) is 3.39. The fourth-order valence-electron chi connectivity index (χ4n) is 4.03. The number of hydrogen-bond acceptors (Lipinski definition) is 3. The molecule has 4 rings (SSSR count). The van der Waals surface area contributed by atoms with Gasteiger partial charge in [-0.05, 0) is 55.0 Å². The largest absolute Gasteiger partial charge is 0.481 e. The Labute approximate surface area is 134 Å². The molecule has 1 aromatic heterocycles. The van der Waals surface area contributed by atoms with Crippen LogP contribution in [0.25, 0.3) is 0 Å². The van der Waals surface area contributed by atoms with Crippen molar-refractivity contribution >= 4 is 23.2 Å². The average molecular weight is 319 g/mol. The maximum Gasteiger partial charge on any atom is 0.308 e. The van der Waals surface area contributed by atoms with Crippen molar-refractivity contribution in [2.75, 3.05) is 13.1 Å². The maximum atomic E-state index is 12.7. The van der Waals surface area contributed by atoms with Crippen LogP contribution in [0.1, 0.15) is 35.6 Å². The molecule has 1 aromatic rings. The van der Waals surface area contributed by atoms with E-state index in [0.29, 0.717) is 24.9 Å². The van der Waals surface area contributed by atoms with Crippen LogP contribution < -0.4 is 0 Å². The number of carbonyl (C=O) groups excluding carboxylic acids is 1. The topological polar surface area (TPSA) is 57.6 Å². The summed E-state index contributed by atoms with van der Waals surface area (Å²) < 4.78 is 0. The lowest BCUT2D eigenvalue weighted by molar-refractivity contribution is -0.142. The van der Waals surface area contributed by atoms with Crippen molar-refractivity contribution in [3.05, 3.63) is 21.9 Å². The van der Waals surface area contributed by atoms with Gasteiger partial charge in [0.15, 0.2) is 0 Å². The third-order valence-corrected chi connectivity index (χ3v) is 6.72. The molecule has 2 aliphatic carbocycles. The minimum absolute atomic E-state index is 0.0877. The molecule has 2 saturated carbocycles. The Morgan fingerprint density at radius 3 is 2.64 bits per heavy atom. The van der Waals surface area contributed by atoms with Gasteiger partial charge in [-0.15, -0.1) is 11.3 Å². The van der Waals surface area contributed by atoms with E-state index >= 15 is 0 Å². The summed E-state index contributed by atoms with van der Waals surface area (Å²) in [6.45, 7) is 3.18. The van der Waals surface area contributed by atoms with Gasteiger partial charge in [-0.25, -0.2) is 0 Å². The van der Waals surface area contributed by atoms with E-state index < -0.39 is 5.97 Å². The molecule has 4 atom stereocenters. The van der Waals surface area contributed by atoms with E-state index in [1.807, 2.05) is 4.90 Å². The maximum absolute atomic E-state index is 12.7. The van der Waals surface area contributed by atoms with Crippen LogP contribution in [0.3, 0.4) is 0 Å². The Balaban J connectivity index is 1.44. The van der Waals surface area contributed by atoms with E-state index in [-0.39, 0.29) is 23.7 Å². The van der Waals surface area contributed by atoms with Gasteiger partial charge in [-0.2, -0.15) is 0 Å². The molecule has 0 radical (unpaired) electrons. The lowest BCUT2D eigenvalue weighted by atomic mass is 9.92. The van der Waals surface area contributed by atoms with Crippen molar-refractivity contribution in [1.82, 2.24) is 4.90 Å². The van der Waals surface area contributed by atoms with E-state index in [4.69, 9.17) is 0 Å². The number of amides is 1. The normalized spacial score (nSPS) is 34.0. The van der Waals surface area contributed by atoms with Crippen LogP contribution in [0.5, 0.6) is 0 Å². The van der Waals surface area contributed by atoms with Crippen LogP contribution in [-0.2, 0) is 9.59 Å². The number of likely N-dealkylation sites (tertiary alicyclic amines) is 1. The van der Waals surface area contributed by atoms with Gasteiger partial charge in [-0.1, -0.05) is 0 Å². The molecule has 1 aliphatic heterocycles. The van der Waals surface area contributed by atoms with Crippen molar-refractivity contribution in [1.29, 1.82) is 0 Å². The van der Waals surface area contributed by atoms with Gasteiger partial charge in [0.2, 0.25) is 5.91 Å². The Morgan fingerprint density at radius 1 is 1.27 bits per heavy atom. The van der Waals surface area contributed by atoms with Crippen LogP contribution in [0, 0.1) is 30.6 Å². The predicted octanol–water partition coefficient (Wildman–Crippen LogP) is 2.73. The first-order valence-electron chi connectivity index (χ1n) is 8.12. The summed E-state index contributed by atoms with van der Waals surface area (Å²) in [5.41, 5.74) is 1.28. The van der Waals surface area contributed by atoms with Crippen molar-refractivity contribution in [3.63, 3.8) is 0 Å². The molecule has 5 heteroatoms. The van der Waals surface area contributed by atoms with Crippen molar-refractivity contribution in [2.45, 2.75) is 32.1 Å². The van der Waals surface area contributed by atoms with E-state index in [2.05, 4.69) is 18.4 Å². The molecule has 3 aliphatic rings. The Hall–Kier alpha value is -1.36. The van der Waals surface area contributed by atoms with Gasteiger partial charge in [-0.3, -0.25) is 9.59 Å². The minimum Gasteiger partial charge on any atom is -0.481 e. The van der Waals surface area contributed by atoms with E-state index in [1.54, 1.807) is 11.3 Å². The van der Waals surface area contributed by atoms with Crippen LogP contribution in [0.15, 0.2) is 11.4 Å². The number of nitrogens with zero attached hydrogens (tertiary/aromatic N) is 1. The number of aryl methyl sites for hydroxylation is 1. The third kappa shape index (κ3) is 2.35. The lowest BCUT2D eigenvalue weighted by Gasteiger charge is -2.16. The molecule has 2 heterocycles. The van der Waals surface area contributed by atoms with Crippen molar-refractivity contribution in [3.8, 4) is 0 Å². The van der Waals surface area contributed by atoms with Crippen LogP contribution in [0.4, 0.5) is 0 Å². The fraction of sp³-hybridized carbons (Fsp3) is 0.647. The van der Waals surface area contributed by atoms with Crippen molar-refractivity contribution < 1.29 is 14.7 Å². The molecule has 0 bridgehead atoms. The number of carbonyl (C=O) groups is 2. The smallest absolute Gasteiger partial charge is 0.308 e. The van der Waals surface area contributed by atoms with Gasteiger partial charge >= 0.3 is 5.97 Å². The number of rotatable bonds is 4. The van der Waals surface area contributed by atoms with Gasteiger partial charge < -0.3 is 10.0 Å². The first-order chi connectivity index (χ1) is 10.6. The zero-order valence-electron chi connectivity index (χ0n) is 12.7. The van der Waals surface area contributed by atoms with Gasteiger partial charge in [0.05, 0.1) is 5.92 Å². The molecule has 0 spiro atoms. The van der Waals surface area contributed by atoms with Crippen molar-refractivity contribution in [2.24, 2.45) is 23.7 Å². The highest BCUT2D eigenvalue weighted by molar-refractivity contribution is 7.10. The molecule has 0 aromatic carbocycles. The summed E-state index contributed by atoms with van der Waals surface area (Å²) in [6.07, 6.45) is 3.20. The molecule has 22 heavy (non-hydrogen) atoms. The summed E-state index contributed by atoms with van der Waals surface area (Å²) in [5, 5.41) is 11.5. The first-order valence-corrected chi connectivity index (χ1v) is 8.99. The van der Waals surface area contributed by atoms with Gasteiger partial charge in [0, 0.05) is 29.8 Å². The second kappa shape index (κ2) is 5.08. The van der Waals surface area contributed by atoms with Crippen LogP contribution >= 0.6 is 11.3 Å². The summed E-state index contributed by atoms with van der Waals surface area (Å²) in [7, 11) is 0. The zero-order chi connectivity index (χ0) is 15.4. The lowest BCUT2D eigenvalue weighted by Crippen LogP contribution is -2.31. The summed E-state index contributed by atoms with van der Waals surface area (Å²) >= 11 is 1.74. The highest BCUT2D eigenvalue weighted by atomic mass is 32.1. The second-order valence-corrected chi connectivity index (χ2v) is 8.05.